The molecule has 0 spiro atoms. The van der Waals surface area contributed by atoms with E-state index in [0.29, 0.717) is 0 Å². The van der Waals surface area contributed by atoms with Gasteiger partial charge in [0.15, 0.2) is 0 Å². The topological polar surface area (TPSA) is 3.24 Å². The first-order valence-corrected chi connectivity index (χ1v) is 19.7. The van der Waals surface area contributed by atoms with Crippen molar-refractivity contribution in [2.45, 2.75) is 57.3 Å². The van der Waals surface area contributed by atoms with Crippen LogP contribution in [0.3, 0.4) is 0 Å². The van der Waals surface area contributed by atoms with Crippen molar-refractivity contribution >= 4 is 29.2 Å². The van der Waals surface area contributed by atoms with Crippen LogP contribution in [0.4, 0.5) is 17.1 Å². The fourth-order valence-electron chi connectivity index (χ4n) is 10.3. The number of nitrogens with zero attached hydrogens (tertiary/aromatic N) is 1. The van der Waals surface area contributed by atoms with E-state index in [0.717, 1.165) is 12.8 Å². The van der Waals surface area contributed by atoms with Gasteiger partial charge in [-0.15, -0.1) is 0 Å². The molecule has 1 atom stereocenters. The predicted molar refractivity (Wildman–Crippen MR) is 228 cm³/mol. The van der Waals surface area contributed by atoms with Gasteiger partial charge in [-0.2, -0.15) is 0 Å². The Balaban J connectivity index is 1.05. The summed E-state index contributed by atoms with van der Waals surface area (Å²) in [4.78, 5) is 2.50. The van der Waals surface area contributed by atoms with Gasteiger partial charge >= 0.3 is 0 Å². The van der Waals surface area contributed by atoms with Crippen molar-refractivity contribution in [1.82, 2.24) is 0 Å². The van der Waals surface area contributed by atoms with E-state index in [4.69, 9.17) is 0 Å². The summed E-state index contributed by atoms with van der Waals surface area (Å²) in [6.07, 6.45) is 6.77. The van der Waals surface area contributed by atoms with Crippen LogP contribution in [0.15, 0.2) is 158 Å². The van der Waals surface area contributed by atoms with Gasteiger partial charge in [0, 0.05) is 22.4 Å². The molecule has 7 aromatic rings. The molecule has 0 bridgehead atoms. The summed E-state index contributed by atoms with van der Waals surface area (Å²) in [5.74, 6) is 0.252. The highest BCUT2D eigenvalue weighted by molar-refractivity contribution is 5.92. The molecule has 1 unspecified atom stereocenters. The number of hydrogen-bond acceptors (Lipinski definition) is 1. The molecule has 7 aromatic carbocycles. The van der Waals surface area contributed by atoms with E-state index in [1.807, 2.05) is 0 Å². The Morgan fingerprint density at radius 3 is 1.85 bits per heavy atom. The Morgan fingerprint density at radius 2 is 1.13 bits per heavy atom. The molecule has 0 saturated carbocycles. The highest BCUT2D eigenvalue weighted by atomic mass is 15.2. The van der Waals surface area contributed by atoms with Gasteiger partial charge in [-0.3, -0.25) is 0 Å². The Labute approximate surface area is 320 Å². The zero-order valence-electron chi connectivity index (χ0n) is 31.6. The molecule has 0 radical (unpaired) electrons. The maximum atomic E-state index is 2.51. The lowest BCUT2D eigenvalue weighted by molar-refractivity contribution is 0.490. The maximum absolute atomic E-state index is 2.51. The number of hydrogen-bond donors (Lipinski definition) is 0. The normalized spacial score (nSPS) is 16.7. The van der Waals surface area contributed by atoms with Crippen molar-refractivity contribution in [2.24, 2.45) is 0 Å². The lowest BCUT2D eigenvalue weighted by Crippen LogP contribution is -2.30. The van der Waals surface area contributed by atoms with Gasteiger partial charge in [0.05, 0.1) is 11.4 Å². The van der Waals surface area contributed by atoms with Gasteiger partial charge in [0.25, 0.3) is 0 Å². The van der Waals surface area contributed by atoms with E-state index in [9.17, 15) is 0 Å². The number of para-hydroxylation sites is 2. The van der Waals surface area contributed by atoms with E-state index in [2.05, 4.69) is 202 Å². The van der Waals surface area contributed by atoms with Gasteiger partial charge in [-0.25, -0.2) is 0 Å². The van der Waals surface area contributed by atoms with Crippen molar-refractivity contribution in [3.8, 4) is 22.3 Å². The number of rotatable bonds is 6. The summed E-state index contributed by atoms with van der Waals surface area (Å²) >= 11 is 0. The van der Waals surface area contributed by atoms with Crippen LogP contribution in [-0.2, 0) is 10.8 Å². The van der Waals surface area contributed by atoms with E-state index >= 15 is 0 Å². The van der Waals surface area contributed by atoms with Crippen molar-refractivity contribution in [1.29, 1.82) is 0 Å². The standard InChI is InChI=1S/C53H45N/c1-5-53(6-2)46-33-35(27-29-37-19-16-22-43-50(36-17-8-7-9-18-36)41-20-10-11-21-42(41)51(37)43)28-31-39(46)40-32-30-38(34-47(40)53)54-48-25-14-12-23-44(48)52(3,4)45-24-13-15-26-49(45)54/h7-34,50H,5-6H2,1-4H3/b29-27+. The van der Waals surface area contributed by atoms with E-state index in [-0.39, 0.29) is 16.7 Å². The summed E-state index contributed by atoms with van der Waals surface area (Å²) in [6.45, 7) is 9.47. The summed E-state index contributed by atoms with van der Waals surface area (Å²) < 4.78 is 0. The van der Waals surface area contributed by atoms with Crippen LogP contribution in [-0.4, -0.2) is 0 Å². The Kier molecular flexibility index (Phi) is 7.46. The van der Waals surface area contributed by atoms with Crippen LogP contribution in [0, 0.1) is 0 Å². The molecule has 1 heteroatoms. The van der Waals surface area contributed by atoms with Crippen LogP contribution in [0.2, 0.25) is 0 Å². The number of benzene rings is 7. The van der Waals surface area contributed by atoms with Crippen molar-refractivity contribution in [3.05, 3.63) is 208 Å². The average molecular weight is 696 g/mol. The molecule has 3 aliphatic rings. The van der Waals surface area contributed by atoms with Crippen LogP contribution in [0.5, 0.6) is 0 Å². The molecule has 0 N–H and O–H groups in total. The Morgan fingerprint density at radius 1 is 0.519 bits per heavy atom. The molecule has 0 fully saturated rings. The van der Waals surface area contributed by atoms with Crippen LogP contribution in [0.1, 0.15) is 96.5 Å². The van der Waals surface area contributed by atoms with E-state index in [1.54, 1.807) is 0 Å². The first-order valence-electron chi connectivity index (χ1n) is 19.7. The lowest BCUT2D eigenvalue weighted by atomic mass is 9.72. The van der Waals surface area contributed by atoms with E-state index in [1.165, 1.54) is 89.4 Å². The second-order valence-electron chi connectivity index (χ2n) is 15.9. The third kappa shape index (κ3) is 4.64. The van der Waals surface area contributed by atoms with Crippen LogP contribution < -0.4 is 4.90 Å². The molecule has 10 rings (SSSR count). The average Bonchev–Trinajstić information content (AvgIpc) is 3.70. The Hall–Kier alpha value is -5.92. The largest absolute Gasteiger partial charge is 0.310 e. The molecule has 1 nitrogen and oxygen atoms in total. The van der Waals surface area contributed by atoms with Gasteiger partial charge in [-0.1, -0.05) is 173 Å². The Bertz CT molecular complexity index is 2570. The molecule has 1 heterocycles. The highest BCUT2D eigenvalue weighted by Crippen LogP contribution is 2.57. The first-order chi connectivity index (χ1) is 26.4. The van der Waals surface area contributed by atoms with Crippen LogP contribution in [0.25, 0.3) is 34.4 Å². The monoisotopic (exact) mass is 695 g/mol. The molecule has 0 aromatic heterocycles. The van der Waals surface area contributed by atoms with Gasteiger partial charge in [-0.05, 0) is 109 Å². The van der Waals surface area contributed by atoms with E-state index < -0.39 is 0 Å². The molecular weight excluding hydrogens is 651 g/mol. The van der Waals surface area contributed by atoms with Crippen LogP contribution >= 0.6 is 0 Å². The quantitative estimate of drug-likeness (QED) is 0.157. The fraction of sp³-hybridized carbons (Fsp3) is 0.170. The minimum Gasteiger partial charge on any atom is -0.310 e. The summed E-state index contributed by atoms with van der Waals surface area (Å²) in [7, 11) is 0. The fourth-order valence-corrected chi connectivity index (χ4v) is 10.3. The SMILES string of the molecule is CCC1(CC)c2cc(/C=C/c3cccc4c3-c3ccccc3C4c3ccccc3)ccc2-c2ccc(N3c4ccccc4C(C)(C)c4ccccc43)cc21. The van der Waals surface area contributed by atoms with Crippen molar-refractivity contribution < 1.29 is 0 Å². The summed E-state index contributed by atoms with van der Waals surface area (Å²) in [5, 5.41) is 0. The summed E-state index contributed by atoms with van der Waals surface area (Å²) in [6, 6.07) is 59.1. The van der Waals surface area contributed by atoms with Gasteiger partial charge in [0.2, 0.25) is 0 Å². The molecule has 1 aliphatic heterocycles. The lowest BCUT2D eigenvalue weighted by Gasteiger charge is -2.42. The van der Waals surface area contributed by atoms with Gasteiger partial charge in [0.1, 0.15) is 0 Å². The minimum atomic E-state index is -0.0794. The maximum Gasteiger partial charge on any atom is 0.0502 e. The second kappa shape index (κ2) is 12.3. The third-order valence-corrected chi connectivity index (χ3v) is 13.0. The van der Waals surface area contributed by atoms with Gasteiger partial charge < -0.3 is 4.90 Å². The molecule has 2 aliphatic carbocycles. The summed E-state index contributed by atoms with van der Waals surface area (Å²) in [5.41, 5.74) is 21.4. The zero-order valence-corrected chi connectivity index (χ0v) is 31.6. The zero-order chi connectivity index (χ0) is 36.6. The molecule has 54 heavy (non-hydrogen) atoms. The minimum absolute atomic E-state index is 0.0611. The number of anilines is 3. The van der Waals surface area contributed by atoms with Crippen molar-refractivity contribution in [2.75, 3.05) is 4.90 Å². The third-order valence-electron chi connectivity index (χ3n) is 13.0. The first kappa shape index (κ1) is 32.7. The molecule has 0 amide bonds. The second-order valence-corrected chi connectivity index (χ2v) is 15.9. The smallest absolute Gasteiger partial charge is 0.0502 e. The van der Waals surface area contributed by atoms with Crippen molar-refractivity contribution in [3.63, 3.8) is 0 Å². The molecule has 0 saturated heterocycles. The molecule has 262 valence electrons. The predicted octanol–water partition coefficient (Wildman–Crippen LogP) is 14.2. The molecular formula is C53H45N. The number of fused-ring (bicyclic) bond motifs is 8. The highest BCUT2D eigenvalue weighted by Gasteiger charge is 2.42.